The summed E-state index contributed by atoms with van der Waals surface area (Å²) >= 11 is 0. The second-order valence-electron chi connectivity index (χ2n) is 7.11. The summed E-state index contributed by atoms with van der Waals surface area (Å²) in [7, 11) is 0. The van der Waals surface area contributed by atoms with Crippen molar-refractivity contribution in [2.75, 3.05) is 0 Å². The number of Topliss-reactive ketones (excluding diaryl/α,β-unsaturated/α-hetero) is 2. The van der Waals surface area contributed by atoms with Crippen molar-refractivity contribution in [1.82, 2.24) is 0 Å². The predicted octanol–water partition coefficient (Wildman–Crippen LogP) is 1.68. The Kier molecular flexibility index (Phi) is 9.80. The van der Waals surface area contributed by atoms with Crippen LogP contribution in [0.5, 0.6) is 0 Å². The molecule has 9 nitrogen and oxygen atoms in total. The number of hydrogen-bond donors (Lipinski definition) is 5. The van der Waals surface area contributed by atoms with Gasteiger partial charge in [-0.25, -0.2) is 9.59 Å². The molecule has 3 unspecified atom stereocenters. The summed E-state index contributed by atoms with van der Waals surface area (Å²) in [6.07, 6.45) is 3.84. The lowest BCUT2D eigenvalue weighted by Gasteiger charge is -2.34. The van der Waals surface area contributed by atoms with Gasteiger partial charge in [-0.05, 0) is 12.8 Å². The zero-order valence-corrected chi connectivity index (χ0v) is 18.0. The van der Waals surface area contributed by atoms with E-state index in [1.807, 2.05) is 6.08 Å². The summed E-state index contributed by atoms with van der Waals surface area (Å²) in [6.45, 7) is 5.65. The van der Waals surface area contributed by atoms with Gasteiger partial charge in [0.05, 0.1) is 0 Å². The molecule has 33 heavy (non-hydrogen) atoms. The molecule has 2 aromatic rings. The lowest BCUT2D eigenvalue weighted by atomic mass is 9.73. The Balaban J connectivity index is 0.000000675. The number of benzene rings is 2. The summed E-state index contributed by atoms with van der Waals surface area (Å²) < 4.78 is 0. The minimum atomic E-state index is -3.95. The average molecular weight is 457 g/mol. The molecule has 3 atom stereocenters. The lowest BCUT2D eigenvalue weighted by molar-refractivity contribution is -0.187. The third-order valence-corrected chi connectivity index (χ3v) is 4.87. The molecule has 9 heteroatoms. The predicted molar refractivity (Wildman–Crippen MR) is 120 cm³/mol. The van der Waals surface area contributed by atoms with Crippen LogP contribution >= 0.6 is 0 Å². The Morgan fingerprint density at radius 1 is 0.848 bits per heavy atom. The molecule has 176 valence electrons. The van der Waals surface area contributed by atoms with Crippen molar-refractivity contribution in [3.8, 4) is 0 Å². The SMILES string of the molecule is C=CCC(N)CC.O=C(O)C(O)(C(=O)c1ccccc1)C(O)(C(=O)O)C(=O)c1ccccc1. The van der Waals surface area contributed by atoms with Gasteiger partial charge in [0.15, 0.2) is 0 Å². The Labute approximate surface area is 190 Å². The van der Waals surface area contributed by atoms with Crippen LogP contribution in [-0.4, -0.2) is 61.2 Å². The quantitative estimate of drug-likeness (QED) is 0.202. The van der Waals surface area contributed by atoms with Crippen LogP contribution in [0.15, 0.2) is 73.3 Å². The largest absolute Gasteiger partial charge is 0.479 e. The number of carboxylic acid groups (broad SMARTS) is 2. The average Bonchev–Trinajstić information content (AvgIpc) is 2.83. The van der Waals surface area contributed by atoms with Crippen molar-refractivity contribution in [3.63, 3.8) is 0 Å². The Bertz CT molecular complexity index is 919. The van der Waals surface area contributed by atoms with Crippen LogP contribution in [-0.2, 0) is 9.59 Å². The highest BCUT2D eigenvalue weighted by Gasteiger charge is 2.69. The van der Waals surface area contributed by atoms with Crippen molar-refractivity contribution in [3.05, 3.63) is 84.4 Å². The molecule has 0 radical (unpaired) electrons. The number of carbonyl (C=O) groups excluding carboxylic acids is 2. The zero-order valence-electron chi connectivity index (χ0n) is 18.0. The van der Waals surface area contributed by atoms with Gasteiger partial charge >= 0.3 is 11.9 Å². The van der Waals surface area contributed by atoms with E-state index in [2.05, 4.69) is 13.5 Å². The molecule has 0 fully saturated rings. The van der Waals surface area contributed by atoms with Gasteiger partial charge in [-0.2, -0.15) is 0 Å². The fourth-order valence-electron chi connectivity index (χ4n) is 2.81. The van der Waals surface area contributed by atoms with E-state index in [0.717, 1.165) is 37.1 Å². The number of nitrogens with two attached hydrogens (primary N) is 1. The van der Waals surface area contributed by atoms with Crippen LogP contribution in [0.3, 0.4) is 0 Å². The topological polar surface area (TPSA) is 175 Å². The maximum Gasteiger partial charge on any atom is 0.348 e. The number of rotatable bonds is 10. The van der Waals surface area contributed by atoms with E-state index in [9.17, 15) is 39.6 Å². The van der Waals surface area contributed by atoms with Gasteiger partial charge in [0.1, 0.15) is 0 Å². The van der Waals surface area contributed by atoms with Gasteiger partial charge in [0, 0.05) is 17.2 Å². The van der Waals surface area contributed by atoms with Crippen molar-refractivity contribution < 1.29 is 39.6 Å². The van der Waals surface area contributed by atoms with Crippen LogP contribution in [0, 0.1) is 0 Å². The van der Waals surface area contributed by atoms with Gasteiger partial charge in [-0.15, -0.1) is 6.58 Å². The van der Waals surface area contributed by atoms with Crippen LogP contribution < -0.4 is 5.73 Å². The van der Waals surface area contributed by atoms with Crippen LogP contribution in [0.2, 0.25) is 0 Å². The van der Waals surface area contributed by atoms with Crippen molar-refractivity contribution >= 4 is 23.5 Å². The second kappa shape index (κ2) is 11.8. The van der Waals surface area contributed by atoms with E-state index in [-0.39, 0.29) is 0 Å². The number of carbonyl (C=O) groups is 4. The molecule has 0 heterocycles. The van der Waals surface area contributed by atoms with E-state index >= 15 is 0 Å². The maximum atomic E-state index is 12.6. The van der Waals surface area contributed by atoms with E-state index < -0.39 is 45.8 Å². The molecule has 0 aliphatic heterocycles. The van der Waals surface area contributed by atoms with Gasteiger partial charge < -0.3 is 26.2 Å². The molecule has 0 aliphatic carbocycles. The van der Waals surface area contributed by atoms with Crippen molar-refractivity contribution in [1.29, 1.82) is 0 Å². The summed E-state index contributed by atoms with van der Waals surface area (Å²) in [5.41, 5.74) is -3.17. The molecule has 0 amide bonds. The lowest BCUT2D eigenvalue weighted by Crippen LogP contribution is -2.71. The van der Waals surface area contributed by atoms with E-state index in [4.69, 9.17) is 5.73 Å². The molecule has 0 aliphatic rings. The van der Waals surface area contributed by atoms with Crippen LogP contribution in [0.25, 0.3) is 0 Å². The molecule has 6 N–H and O–H groups in total. The molecule has 2 rings (SSSR count). The molecule has 0 saturated heterocycles. The van der Waals surface area contributed by atoms with Crippen molar-refractivity contribution in [2.45, 2.75) is 37.0 Å². The van der Waals surface area contributed by atoms with Gasteiger partial charge in [0.2, 0.25) is 11.6 Å². The Hall–Kier alpha value is -3.66. The third-order valence-electron chi connectivity index (χ3n) is 4.87. The van der Waals surface area contributed by atoms with E-state index in [1.54, 1.807) is 0 Å². The fraction of sp³-hybridized carbons (Fsp3) is 0.250. The highest BCUT2D eigenvalue weighted by atomic mass is 16.5. The van der Waals surface area contributed by atoms with Gasteiger partial charge in [0.25, 0.3) is 11.2 Å². The molecule has 0 spiro atoms. The fourth-order valence-corrected chi connectivity index (χ4v) is 2.81. The first-order chi connectivity index (χ1) is 15.5. The smallest absolute Gasteiger partial charge is 0.348 e. The number of carboxylic acids is 2. The summed E-state index contributed by atoms with van der Waals surface area (Å²) in [5.74, 6) is -8.03. The number of aliphatic carboxylic acids is 2. The number of ketones is 2. The third kappa shape index (κ3) is 5.78. The minimum absolute atomic E-state index is 0.331. The van der Waals surface area contributed by atoms with Gasteiger partial charge in [-0.1, -0.05) is 73.7 Å². The first-order valence-electron chi connectivity index (χ1n) is 9.96. The Morgan fingerprint density at radius 2 is 1.18 bits per heavy atom. The normalized spacial score (nSPS) is 14.9. The molecule has 2 aromatic carbocycles. The standard InChI is InChI=1S/C18H14O8.C6H13N/c19-13(11-7-3-1-4-8-11)17(25,15(21)22)18(26,16(23)24)14(20)12-9-5-2-6-10-12;1-3-5-6(7)4-2/h1-10,25-26H,(H,21,22)(H,23,24);3,6H,1,4-5,7H2,2H3. The first-order valence-corrected chi connectivity index (χ1v) is 9.96. The second-order valence-corrected chi connectivity index (χ2v) is 7.11. The molecular weight excluding hydrogens is 430 g/mol. The highest BCUT2D eigenvalue weighted by Crippen LogP contribution is 2.31. The molecule has 0 bridgehead atoms. The number of hydrogen-bond acceptors (Lipinski definition) is 7. The monoisotopic (exact) mass is 457 g/mol. The summed E-state index contributed by atoms with van der Waals surface area (Å²) in [6, 6.07) is 13.2. The first kappa shape index (κ1) is 27.4. The molecule has 0 saturated carbocycles. The van der Waals surface area contributed by atoms with Crippen LogP contribution in [0.1, 0.15) is 40.5 Å². The van der Waals surface area contributed by atoms with E-state index in [1.165, 1.54) is 36.4 Å². The van der Waals surface area contributed by atoms with E-state index in [0.29, 0.717) is 6.04 Å². The summed E-state index contributed by atoms with van der Waals surface area (Å²) in [5, 5.41) is 39.9. The molecular formula is C24H27NO8. The highest BCUT2D eigenvalue weighted by molar-refractivity contribution is 6.28. The maximum absolute atomic E-state index is 12.6. The minimum Gasteiger partial charge on any atom is -0.479 e. The zero-order chi connectivity index (χ0) is 25.2. The summed E-state index contributed by atoms with van der Waals surface area (Å²) in [4.78, 5) is 48.5. The van der Waals surface area contributed by atoms with Crippen molar-refractivity contribution in [2.24, 2.45) is 5.73 Å². The number of aliphatic hydroxyl groups is 2. The molecule has 0 aromatic heterocycles. The van der Waals surface area contributed by atoms with Crippen LogP contribution in [0.4, 0.5) is 0 Å². The Morgan fingerprint density at radius 3 is 1.39 bits per heavy atom. The van der Waals surface area contributed by atoms with Gasteiger partial charge in [-0.3, -0.25) is 9.59 Å².